The van der Waals surface area contributed by atoms with Gasteiger partial charge in [0.15, 0.2) is 0 Å². The highest BCUT2D eigenvalue weighted by Gasteiger charge is 2.18. The van der Waals surface area contributed by atoms with Gasteiger partial charge >= 0.3 is 5.97 Å². The van der Waals surface area contributed by atoms with Gasteiger partial charge in [0, 0.05) is 22.6 Å². The minimum absolute atomic E-state index is 0.341. The van der Waals surface area contributed by atoms with E-state index in [2.05, 4.69) is 43.8 Å². The zero-order chi connectivity index (χ0) is 20.0. The molecule has 1 aromatic rings. The molecule has 0 heterocycles. The first-order valence-electron chi connectivity index (χ1n) is 8.90. The second-order valence-electron chi connectivity index (χ2n) is 6.51. The van der Waals surface area contributed by atoms with Crippen LogP contribution in [0.25, 0.3) is 5.57 Å². The Morgan fingerprint density at radius 1 is 1.26 bits per heavy atom. The van der Waals surface area contributed by atoms with Crippen LogP contribution in [0.3, 0.4) is 0 Å². The van der Waals surface area contributed by atoms with Crippen LogP contribution in [0.5, 0.6) is 0 Å². The molecule has 2 rings (SSSR count). The quantitative estimate of drug-likeness (QED) is 0.332. The van der Waals surface area contributed by atoms with E-state index >= 15 is 0 Å². The maximum Gasteiger partial charge on any atom is 0.339 e. The Labute approximate surface area is 172 Å². The van der Waals surface area contributed by atoms with Gasteiger partial charge in [-0.3, -0.25) is 0 Å². The molecule has 0 amide bonds. The van der Waals surface area contributed by atoms with Gasteiger partial charge in [-0.2, -0.15) is 0 Å². The summed E-state index contributed by atoms with van der Waals surface area (Å²) < 4.78 is 5.09. The number of ether oxygens (including phenoxy) is 1. The Morgan fingerprint density at radius 3 is 2.52 bits per heavy atom. The van der Waals surface area contributed by atoms with E-state index in [-0.39, 0.29) is 5.97 Å². The number of allylic oxidation sites excluding steroid dienone is 6. The van der Waals surface area contributed by atoms with E-state index < -0.39 is 0 Å². The zero-order valence-electron chi connectivity index (χ0n) is 16.0. The van der Waals surface area contributed by atoms with Gasteiger partial charge in [-0.25, -0.2) is 4.79 Å². The summed E-state index contributed by atoms with van der Waals surface area (Å²) in [6.07, 6.45) is 7.23. The Morgan fingerprint density at radius 2 is 1.93 bits per heavy atom. The van der Waals surface area contributed by atoms with E-state index in [0.29, 0.717) is 23.5 Å². The third kappa shape index (κ3) is 5.91. The van der Waals surface area contributed by atoms with Gasteiger partial charge in [0.25, 0.3) is 0 Å². The van der Waals surface area contributed by atoms with Crippen molar-refractivity contribution in [3.05, 3.63) is 76.9 Å². The maximum atomic E-state index is 12.0. The van der Waals surface area contributed by atoms with Gasteiger partial charge in [-0.1, -0.05) is 67.4 Å². The molecule has 0 fully saturated rings. The summed E-state index contributed by atoms with van der Waals surface area (Å²) in [4.78, 5) is 13.6. The van der Waals surface area contributed by atoms with Gasteiger partial charge in [0.2, 0.25) is 0 Å². The molecule has 1 aromatic carbocycles. The van der Waals surface area contributed by atoms with Crippen LogP contribution in [0, 0.1) is 0 Å². The highest BCUT2D eigenvalue weighted by molar-refractivity contribution is 7.81. The molecule has 0 bridgehead atoms. The van der Waals surface area contributed by atoms with E-state index in [0.717, 1.165) is 33.6 Å². The number of hydrogen-bond acceptors (Lipinski definition) is 4. The standard InChI is InChI=1S/C23H24O2S2/c1-5-25-23(24)20-13-18(8-11-21(20)26)12-16(4)19-9-6-17(7-10-19)14-22(27)15(2)3/h6-10,12-13H,2,5,11,14H2,1,3-4H3/b16-12+. The molecule has 0 unspecified atom stereocenters. The molecule has 0 atom stereocenters. The van der Waals surface area contributed by atoms with Crippen molar-refractivity contribution < 1.29 is 9.53 Å². The van der Waals surface area contributed by atoms with Crippen molar-refractivity contribution in [2.24, 2.45) is 0 Å². The van der Waals surface area contributed by atoms with Crippen molar-refractivity contribution in [2.45, 2.75) is 33.6 Å². The van der Waals surface area contributed by atoms with E-state index in [1.807, 2.05) is 19.1 Å². The van der Waals surface area contributed by atoms with Crippen LogP contribution < -0.4 is 0 Å². The normalized spacial score (nSPS) is 14.3. The summed E-state index contributed by atoms with van der Waals surface area (Å²) in [7, 11) is 0. The maximum absolute atomic E-state index is 12.0. The van der Waals surface area contributed by atoms with Crippen LogP contribution in [0.4, 0.5) is 0 Å². The predicted octanol–water partition coefficient (Wildman–Crippen LogP) is 5.77. The van der Waals surface area contributed by atoms with Gasteiger partial charge in [-0.15, -0.1) is 0 Å². The van der Waals surface area contributed by atoms with E-state index in [1.54, 1.807) is 6.92 Å². The van der Waals surface area contributed by atoms with Crippen LogP contribution >= 0.6 is 24.4 Å². The fraction of sp³-hybridized carbons (Fsp3) is 0.261. The largest absolute Gasteiger partial charge is 0.462 e. The Balaban J connectivity index is 2.17. The number of rotatable bonds is 7. The second-order valence-corrected chi connectivity index (χ2v) is 7.50. The van der Waals surface area contributed by atoms with Crippen LogP contribution in [0.1, 0.15) is 38.3 Å². The molecular weight excluding hydrogens is 372 g/mol. The summed E-state index contributed by atoms with van der Waals surface area (Å²) in [6, 6.07) is 8.36. The number of thiocarbonyl (C=S) groups is 2. The molecule has 0 saturated carbocycles. The molecule has 0 radical (unpaired) electrons. The fourth-order valence-corrected chi connectivity index (χ4v) is 3.06. The molecular formula is C23H24O2S2. The lowest BCUT2D eigenvalue weighted by atomic mass is 9.95. The number of benzene rings is 1. The topological polar surface area (TPSA) is 26.3 Å². The Bertz CT molecular complexity index is 868. The van der Waals surface area contributed by atoms with Crippen molar-refractivity contribution in [1.82, 2.24) is 0 Å². The second kappa shape index (κ2) is 9.67. The molecule has 0 aromatic heterocycles. The molecule has 140 valence electrons. The molecule has 0 N–H and O–H groups in total. The number of carbonyl (C=O) groups excluding carboxylic acids is 1. The van der Waals surface area contributed by atoms with Crippen LogP contribution in [-0.2, 0) is 16.0 Å². The zero-order valence-corrected chi connectivity index (χ0v) is 17.6. The van der Waals surface area contributed by atoms with Crippen LogP contribution in [0.15, 0.2) is 65.8 Å². The predicted molar refractivity (Wildman–Crippen MR) is 121 cm³/mol. The smallest absolute Gasteiger partial charge is 0.339 e. The highest BCUT2D eigenvalue weighted by atomic mass is 32.1. The lowest BCUT2D eigenvalue weighted by Gasteiger charge is -2.13. The fourth-order valence-electron chi connectivity index (χ4n) is 2.66. The van der Waals surface area contributed by atoms with Crippen molar-refractivity contribution in [3.8, 4) is 0 Å². The number of carbonyl (C=O) groups is 1. The van der Waals surface area contributed by atoms with Crippen molar-refractivity contribution in [1.29, 1.82) is 0 Å². The van der Waals surface area contributed by atoms with Gasteiger partial charge in [-0.05, 0) is 54.7 Å². The molecule has 1 aliphatic rings. The van der Waals surface area contributed by atoms with Crippen LogP contribution in [0.2, 0.25) is 0 Å². The highest BCUT2D eigenvalue weighted by Crippen LogP contribution is 2.23. The van der Waals surface area contributed by atoms with E-state index in [1.165, 1.54) is 5.56 Å². The summed E-state index contributed by atoms with van der Waals surface area (Å²) in [5.74, 6) is -0.350. The van der Waals surface area contributed by atoms with E-state index in [4.69, 9.17) is 29.2 Å². The first-order valence-corrected chi connectivity index (χ1v) is 9.72. The molecule has 0 saturated heterocycles. The minimum atomic E-state index is -0.350. The molecule has 0 spiro atoms. The van der Waals surface area contributed by atoms with Gasteiger partial charge < -0.3 is 4.74 Å². The summed E-state index contributed by atoms with van der Waals surface area (Å²) in [6.45, 7) is 10.0. The number of hydrogen-bond donors (Lipinski definition) is 0. The SMILES string of the molecule is C=C(C)C(=S)Cc1ccc(/C(C)=C/C2=CCC(=S)C(C(=O)OCC)=C2)cc1. The summed E-state index contributed by atoms with van der Waals surface area (Å²) >= 11 is 10.6. The summed E-state index contributed by atoms with van der Waals surface area (Å²) in [5.41, 5.74) is 5.80. The lowest BCUT2D eigenvalue weighted by Crippen LogP contribution is -2.16. The molecule has 0 aliphatic heterocycles. The Hall–Kier alpha value is -2.17. The van der Waals surface area contributed by atoms with Crippen LogP contribution in [-0.4, -0.2) is 22.3 Å². The third-order valence-corrected chi connectivity index (χ3v) is 5.14. The average Bonchev–Trinajstić information content (AvgIpc) is 2.63. The molecule has 1 aliphatic carbocycles. The molecule has 2 nitrogen and oxygen atoms in total. The molecule has 4 heteroatoms. The van der Waals surface area contributed by atoms with Crippen molar-refractivity contribution in [3.63, 3.8) is 0 Å². The molecule has 27 heavy (non-hydrogen) atoms. The average molecular weight is 397 g/mol. The third-order valence-electron chi connectivity index (χ3n) is 4.26. The lowest BCUT2D eigenvalue weighted by molar-refractivity contribution is -0.137. The van der Waals surface area contributed by atoms with Crippen molar-refractivity contribution >= 4 is 45.7 Å². The van der Waals surface area contributed by atoms with Crippen molar-refractivity contribution in [2.75, 3.05) is 6.61 Å². The minimum Gasteiger partial charge on any atom is -0.462 e. The first-order chi connectivity index (χ1) is 12.8. The van der Waals surface area contributed by atoms with Gasteiger partial charge in [0.05, 0.1) is 12.2 Å². The monoisotopic (exact) mass is 396 g/mol. The van der Waals surface area contributed by atoms with Gasteiger partial charge in [0.1, 0.15) is 0 Å². The van der Waals surface area contributed by atoms with E-state index in [9.17, 15) is 4.79 Å². The first kappa shape index (κ1) is 21.1. The Kier molecular flexibility index (Phi) is 7.57. The number of esters is 1. The summed E-state index contributed by atoms with van der Waals surface area (Å²) in [5, 5.41) is 0.